The molecule has 0 atom stereocenters. The monoisotopic (exact) mass is 344 g/mol. The number of hydrogen-bond acceptors (Lipinski definition) is 3. The Labute approximate surface area is 150 Å². The third-order valence-corrected chi connectivity index (χ3v) is 4.79. The molecular weight excluding hydrogens is 304 g/mol. The zero-order valence-corrected chi connectivity index (χ0v) is 16.4. The summed E-state index contributed by atoms with van der Waals surface area (Å²) in [4.78, 5) is 10.9. The number of unbranched alkanes of at least 4 members (excludes halogenated alkanes) is 16. The summed E-state index contributed by atoms with van der Waals surface area (Å²) in [7, 11) is 0. The predicted molar refractivity (Wildman–Crippen MR) is 104 cm³/mol. The maximum absolute atomic E-state index is 10.9. The molecule has 0 saturated heterocycles. The molecule has 0 N–H and O–H groups in total. The van der Waals surface area contributed by atoms with E-state index in [0.717, 1.165) is 12.8 Å². The molecule has 0 aromatic heterocycles. The van der Waals surface area contributed by atoms with E-state index in [1.165, 1.54) is 96.3 Å². The lowest BCUT2D eigenvalue weighted by molar-refractivity contribution is -0.132. The van der Waals surface area contributed by atoms with E-state index in [-0.39, 0.29) is 5.97 Å². The summed E-state index contributed by atoms with van der Waals surface area (Å²) in [6.07, 6.45) is 23.6. The molecule has 0 fully saturated rings. The van der Waals surface area contributed by atoms with E-state index in [1.54, 1.807) is 0 Å². The van der Waals surface area contributed by atoms with E-state index in [9.17, 15) is 4.79 Å². The molecule has 3 heteroatoms. The fourth-order valence-electron chi connectivity index (χ4n) is 3.04. The Balaban J connectivity index is 2.99. The Morgan fingerprint density at radius 1 is 0.609 bits per heavy atom. The minimum atomic E-state index is -0.200. The lowest BCUT2D eigenvalue weighted by atomic mass is 10.0. The van der Waals surface area contributed by atoms with Crippen molar-refractivity contribution >= 4 is 18.9 Å². The summed E-state index contributed by atoms with van der Waals surface area (Å²) in [5, 5.41) is 0. The Hall–Kier alpha value is -0.180. The molecule has 2 nitrogen and oxygen atoms in total. The lowest BCUT2D eigenvalue weighted by Gasteiger charge is -2.03. The fourth-order valence-corrected chi connectivity index (χ4v) is 3.13. The van der Waals surface area contributed by atoms with Crippen LogP contribution in [0, 0.1) is 0 Å². The van der Waals surface area contributed by atoms with Gasteiger partial charge in [0.1, 0.15) is 0 Å². The van der Waals surface area contributed by atoms with Crippen LogP contribution in [-0.2, 0) is 8.98 Å². The molecule has 0 saturated carbocycles. The zero-order chi connectivity index (χ0) is 17.0. The molecule has 0 amide bonds. The van der Waals surface area contributed by atoms with E-state index in [0.29, 0.717) is 6.42 Å². The molecule has 0 aromatic carbocycles. The van der Waals surface area contributed by atoms with Gasteiger partial charge < -0.3 is 4.18 Å². The van der Waals surface area contributed by atoms with Crippen molar-refractivity contribution in [3.63, 3.8) is 0 Å². The van der Waals surface area contributed by atoms with Gasteiger partial charge in [0.05, 0.1) is 0 Å². The minimum Gasteiger partial charge on any atom is -0.395 e. The molecule has 23 heavy (non-hydrogen) atoms. The van der Waals surface area contributed by atoms with Crippen LogP contribution in [0.1, 0.15) is 122 Å². The van der Waals surface area contributed by atoms with E-state index in [1.807, 2.05) is 0 Å². The quantitative estimate of drug-likeness (QED) is 0.159. The van der Waals surface area contributed by atoms with Gasteiger partial charge in [-0.3, -0.25) is 4.79 Å². The van der Waals surface area contributed by atoms with Crippen molar-refractivity contribution in [2.45, 2.75) is 122 Å². The molecule has 0 spiro atoms. The van der Waals surface area contributed by atoms with Crippen LogP contribution in [0.25, 0.3) is 0 Å². The maximum atomic E-state index is 10.9. The van der Waals surface area contributed by atoms with Crippen molar-refractivity contribution < 1.29 is 8.98 Å². The van der Waals surface area contributed by atoms with Gasteiger partial charge in [-0.25, -0.2) is 0 Å². The number of thiol groups is 1. The van der Waals surface area contributed by atoms with Gasteiger partial charge in [-0.1, -0.05) is 110 Å². The molecule has 138 valence electrons. The summed E-state index contributed by atoms with van der Waals surface area (Å²) in [5.74, 6) is -0.200. The van der Waals surface area contributed by atoms with Crippen LogP contribution in [0.2, 0.25) is 0 Å². The standard InChI is InChI=1S/C20H40O2S/c1-2-3-4-5-6-7-8-9-10-11-12-13-14-15-16-17-18-19-20(21)22-23/h23H,2-19H2,1H3. The SMILES string of the molecule is CCCCCCCCCCCCCCCCCCCC(=O)OS. The van der Waals surface area contributed by atoms with Crippen LogP contribution in [0.15, 0.2) is 0 Å². The van der Waals surface area contributed by atoms with Crippen LogP contribution in [0.5, 0.6) is 0 Å². The van der Waals surface area contributed by atoms with Crippen LogP contribution in [-0.4, -0.2) is 5.97 Å². The van der Waals surface area contributed by atoms with Crippen LogP contribution < -0.4 is 0 Å². The highest BCUT2D eigenvalue weighted by Crippen LogP contribution is 2.14. The Bertz CT molecular complexity index is 244. The molecule has 0 rings (SSSR count). The van der Waals surface area contributed by atoms with Crippen molar-refractivity contribution in [1.82, 2.24) is 0 Å². The first-order chi connectivity index (χ1) is 11.3. The van der Waals surface area contributed by atoms with Crippen LogP contribution in [0.3, 0.4) is 0 Å². The van der Waals surface area contributed by atoms with Crippen molar-refractivity contribution in [3.8, 4) is 0 Å². The normalized spacial score (nSPS) is 10.9. The number of hydrogen-bond donors (Lipinski definition) is 1. The fraction of sp³-hybridized carbons (Fsp3) is 0.950. The zero-order valence-electron chi connectivity index (χ0n) is 15.5. The smallest absolute Gasteiger partial charge is 0.317 e. The first kappa shape index (κ1) is 22.8. The van der Waals surface area contributed by atoms with E-state index in [4.69, 9.17) is 0 Å². The Morgan fingerprint density at radius 2 is 0.913 bits per heavy atom. The first-order valence-electron chi connectivity index (χ1n) is 10.2. The van der Waals surface area contributed by atoms with Crippen LogP contribution >= 0.6 is 12.9 Å². The minimum absolute atomic E-state index is 0.200. The molecule has 0 heterocycles. The van der Waals surface area contributed by atoms with Crippen molar-refractivity contribution in [3.05, 3.63) is 0 Å². The van der Waals surface area contributed by atoms with E-state index in [2.05, 4.69) is 24.0 Å². The molecule has 0 bridgehead atoms. The lowest BCUT2D eigenvalue weighted by Crippen LogP contribution is -1.95. The van der Waals surface area contributed by atoms with Crippen LogP contribution in [0.4, 0.5) is 0 Å². The van der Waals surface area contributed by atoms with Crippen molar-refractivity contribution in [1.29, 1.82) is 0 Å². The first-order valence-corrected chi connectivity index (χ1v) is 10.5. The highest BCUT2D eigenvalue weighted by molar-refractivity contribution is 7.75. The molecule has 0 unspecified atom stereocenters. The average molecular weight is 345 g/mol. The summed E-state index contributed by atoms with van der Waals surface area (Å²) >= 11 is 3.50. The molecule has 0 aliphatic carbocycles. The summed E-state index contributed by atoms with van der Waals surface area (Å²) in [6.45, 7) is 2.28. The maximum Gasteiger partial charge on any atom is 0.317 e. The van der Waals surface area contributed by atoms with Gasteiger partial charge in [0.15, 0.2) is 0 Å². The number of rotatable bonds is 18. The summed E-state index contributed by atoms with van der Waals surface area (Å²) in [6, 6.07) is 0. The molecule has 0 radical (unpaired) electrons. The van der Waals surface area contributed by atoms with E-state index < -0.39 is 0 Å². The highest BCUT2D eigenvalue weighted by Gasteiger charge is 1.99. The third kappa shape index (κ3) is 19.8. The molecular formula is C20H40O2S. The predicted octanol–water partition coefficient (Wildman–Crippen LogP) is 7.42. The molecule has 0 aromatic rings. The van der Waals surface area contributed by atoms with Crippen molar-refractivity contribution in [2.75, 3.05) is 0 Å². The third-order valence-electron chi connectivity index (χ3n) is 4.59. The van der Waals surface area contributed by atoms with Gasteiger partial charge >= 0.3 is 5.97 Å². The number of carbonyl (C=O) groups is 1. The second kappa shape index (κ2) is 19.9. The second-order valence-corrected chi connectivity index (χ2v) is 7.05. The molecule has 0 aliphatic heterocycles. The topological polar surface area (TPSA) is 26.3 Å². The number of carbonyl (C=O) groups excluding carboxylic acids is 1. The Morgan fingerprint density at radius 3 is 1.22 bits per heavy atom. The summed E-state index contributed by atoms with van der Waals surface area (Å²) in [5.41, 5.74) is 0. The van der Waals surface area contributed by atoms with Gasteiger partial charge in [-0.15, -0.1) is 0 Å². The van der Waals surface area contributed by atoms with Gasteiger partial charge in [0, 0.05) is 19.3 Å². The highest BCUT2D eigenvalue weighted by atomic mass is 32.1. The Kier molecular flexibility index (Phi) is 19.7. The van der Waals surface area contributed by atoms with Crippen molar-refractivity contribution in [2.24, 2.45) is 0 Å². The largest absolute Gasteiger partial charge is 0.395 e. The second-order valence-electron chi connectivity index (χ2n) is 6.87. The van der Waals surface area contributed by atoms with Gasteiger partial charge in [-0.2, -0.15) is 0 Å². The van der Waals surface area contributed by atoms with Gasteiger partial charge in [0.2, 0.25) is 0 Å². The van der Waals surface area contributed by atoms with Gasteiger partial charge in [-0.05, 0) is 6.42 Å². The summed E-state index contributed by atoms with van der Waals surface area (Å²) < 4.78 is 4.33. The average Bonchev–Trinajstić information content (AvgIpc) is 2.57. The van der Waals surface area contributed by atoms with Gasteiger partial charge in [0.25, 0.3) is 0 Å². The van der Waals surface area contributed by atoms with E-state index >= 15 is 0 Å². The molecule has 0 aliphatic rings.